The first-order valence-corrected chi connectivity index (χ1v) is 13.0. The Kier molecular flexibility index (Phi) is 7.81. The average molecular weight is 517 g/mol. The zero-order valence-electron chi connectivity index (χ0n) is 19.9. The van der Waals surface area contributed by atoms with E-state index in [9.17, 15) is 14.0 Å². The molecule has 0 bridgehead atoms. The quantitative estimate of drug-likeness (QED) is 0.510. The first-order valence-electron chi connectivity index (χ1n) is 11.4. The smallest absolute Gasteiger partial charge is 0.257 e. The lowest BCUT2D eigenvalue weighted by Crippen LogP contribution is -2.36. The maximum Gasteiger partial charge on any atom is 0.257 e. The number of nitrogens with one attached hydrogen (secondary N) is 1. The van der Waals surface area contributed by atoms with E-state index in [0.717, 1.165) is 27.5 Å². The van der Waals surface area contributed by atoms with E-state index >= 15 is 0 Å². The second-order valence-corrected chi connectivity index (χ2v) is 11.0. The molecule has 1 unspecified atom stereocenters. The highest BCUT2D eigenvalue weighted by Gasteiger charge is 2.30. The Hall–Kier alpha value is -2.85. The van der Waals surface area contributed by atoms with Crippen LogP contribution >= 0.6 is 23.1 Å². The summed E-state index contributed by atoms with van der Waals surface area (Å²) in [5.74, 6) is 0.296. The molecule has 1 aliphatic carbocycles. The standard InChI is InChI=1S/C25H29FN4O3S2/c1-5-16(3)29-8-9-30(14-18(26)13-29)24(32)19-11-21(15(2)10-20(19)33-4)34-22-12-27-25(35-22)28-23(31)17-6-7-17/h5,10-12,17-18H,1,3,6-9,13-14H2,2,4H3,(H,27,28,31). The van der Waals surface area contributed by atoms with Crippen molar-refractivity contribution in [3.8, 4) is 5.75 Å². The lowest BCUT2D eigenvalue weighted by atomic mass is 10.1. The number of alkyl halides is 1. The molecule has 0 spiro atoms. The molecule has 10 heteroatoms. The third kappa shape index (κ3) is 6.05. The SMILES string of the molecule is C=CC(=C)N1CCN(C(=O)c2cc(Sc3cnc(NC(=O)C4CC4)s3)c(C)cc2OC)CC(F)C1. The molecule has 1 atom stereocenters. The molecule has 7 nitrogen and oxygen atoms in total. The Balaban J connectivity index is 1.52. The van der Waals surface area contributed by atoms with Crippen molar-refractivity contribution in [2.24, 2.45) is 5.92 Å². The second kappa shape index (κ2) is 10.8. The molecule has 2 amide bonds. The summed E-state index contributed by atoms with van der Waals surface area (Å²) in [5.41, 5.74) is 1.97. The van der Waals surface area contributed by atoms with Crippen LogP contribution in [0.1, 0.15) is 28.8 Å². The molecule has 35 heavy (non-hydrogen) atoms. The highest BCUT2D eigenvalue weighted by Crippen LogP contribution is 2.39. The monoisotopic (exact) mass is 516 g/mol. The second-order valence-electron chi connectivity index (χ2n) is 8.66. The summed E-state index contributed by atoms with van der Waals surface area (Å²) in [4.78, 5) is 34.0. The summed E-state index contributed by atoms with van der Waals surface area (Å²) in [7, 11) is 1.52. The number of carbonyl (C=O) groups excluding carboxylic acids is 2. The molecule has 1 aliphatic heterocycles. The molecule has 2 aliphatic rings. The van der Waals surface area contributed by atoms with Crippen molar-refractivity contribution in [2.75, 3.05) is 38.6 Å². The molecular weight excluding hydrogens is 487 g/mol. The van der Waals surface area contributed by atoms with E-state index in [1.165, 1.54) is 35.1 Å². The van der Waals surface area contributed by atoms with Gasteiger partial charge in [0.2, 0.25) is 5.91 Å². The molecule has 1 aromatic heterocycles. The zero-order chi connectivity index (χ0) is 25.1. The predicted molar refractivity (Wildman–Crippen MR) is 137 cm³/mol. The van der Waals surface area contributed by atoms with Gasteiger partial charge in [-0.2, -0.15) is 0 Å². The third-order valence-corrected chi connectivity index (χ3v) is 8.18. The largest absolute Gasteiger partial charge is 0.496 e. The van der Waals surface area contributed by atoms with Crippen molar-refractivity contribution < 1.29 is 18.7 Å². The number of hydrogen-bond acceptors (Lipinski definition) is 7. The van der Waals surface area contributed by atoms with Crippen LogP contribution in [0, 0.1) is 12.8 Å². The van der Waals surface area contributed by atoms with Crippen LogP contribution in [0.25, 0.3) is 0 Å². The predicted octanol–water partition coefficient (Wildman–Crippen LogP) is 4.76. The van der Waals surface area contributed by atoms with E-state index in [1.54, 1.807) is 18.3 Å². The number of hydrogen-bond donors (Lipinski definition) is 1. The Morgan fingerprint density at radius 2 is 2.00 bits per heavy atom. The summed E-state index contributed by atoms with van der Waals surface area (Å²) in [5, 5.41) is 3.43. The molecule has 1 aromatic carbocycles. The van der Waals surface area contributed by atoms with Crippen LogP contribution in [0.3, 0.4) is 0 Å². The summed E-state index contributed by atoms with van der Waals surface area (Å²) in [6, 6.07) is 3.62. The van der Waals surface area contributed by atoms with Crippen molar-refractivity contribution in [3.05, 3.63) is 54.4 Å². The summed E-state index contributed by atoms with van der Waals surface area (Å²) < 4.78 is 21.1. The van der Waals surface area contributed by atoms with Crippen LogP contribution in [-0.2, 0) is 4.79 Å². The Bertz CT molecular complexity index is 1150. The maximum atomic E-state index is 14.7. The van der Waals surface area contributed by atoms with Crippen LogP contribution in [0.2, 0.25) is 0 Å². The molecule has 1 N–H and O–H groups in total. The Morgan fingerprint density at radius 3 is 2.69 bits per heavy atom. The van der Waals surface area contributed by atoms with Gasteiger partial charge in [0.1, 0.15) is 11.9 Å². The van der Waals surface area contributed by atoms with Gasteiger partial charge in [-0.15, -0.1) is 0 Å². The van der Waals surface area contributed by atoms with E-state index in [1.807, 2.05) is 17.9 Å². The summed E-state index contributed by atoms with van der Waals surface area (Å²) >= 11 is 2.86. The average Bonchev–Trinajstić information content (AvgIpc) is 3.64. The summed E-state index contributed by atoms with van der Waals surface area (Å²) in [6.45, 7) is 10.6. The van der Waals surface area contributed by atoms with Gasteiger partial charge in [-0.3, -0.25) is 9.59 Å². The van der Waals surface area contributed by atoms with Gasteiger partial charge >= 0.3 is 0 Å². The fourth-order valence-electron chi connectivity index (χ4n) is 3.84. The molecule has 4 rings (SSSR count). The van der Waals surface area contributed by atoms with Crippen LogP contribution in [-0.4, -0.2) is 66.1 Å². The first-order chi connectivity index (χ1) is 16.8. The van der Waals surface area contributed by atoms with Gasteiger partial charge in [-0.1, -0.05) is 36.3 Å². The van der Waals surface area contributed by atoms with Crippen molar-refractivity contribution in [1.82, 2.24) is 14.8 Å². The molecule has 2 aromatic rings. The highest BCUT2D eigenvalue weighted by molar-refractivity contribution is 8.01. The minimum Gasteiger partial charge on any atom is -0.496 e. The van der Waals surface area contributed by atoms with Gasteiger partial charge in [0.25, 0.3) is 5.91 Å². The van der Waals surface area contributed by atoms with E-state index in [4.69, 9.17) is 4.74 Å². The molecular formula is C25H29FN4O3S2. The number of carbonyl (C=O) groups is 2. The number of methoxy groups -OCH3 is 1. The zero-order valence-corrected chi connectivity index (χ0v) is 21.5. The topological polar surface area (TPSA) is 74.8 Å². The number of ether oxygens (including phenoxy) is 1. The normalized spacial score (nSPS) is 18.1. The number of allylic oxidation sites excluding steroid dienone is 1. The number of rotatable bonds is 8. The van der Waals surface area contributed by atoms with Gasteiger partial charge in [-0.05, 0) is 43.5 Å². The van der Waals surface area contributed by atoms with Gasteiger partial charge in [0.05, 0.1) is 36.2 Å². The number of amides is 2. The van der Waals surface area contributed by atoms with Gasteiger partial charge in [0.15, 0.2) is 5.13 Å². The number of aromatic nitrogens is 1. The number of nitrogens with zero attached hydrogens (tertiary/aromatic N) is 3. The fraction of sp³-hybridized carbons (Fsp3) is 0.400. The first kappa shape index (κ1) is 25.2. The van der Waals surface area contributed by atoms with E-state index < -0.39 is 6.17 Å². The number of benzene rings is 1. The van der Waals surface area contributed by atoms with Gasteiger partial charge in [0, 0.05) is 29.6 Å². The molecule has 2 heterocycles. The van der Waals surface area contributed by atoms with Crippen LogP contribution in [0.5, 0.6) is 5.75 Å². The Morgan fingerprint density at radius 1 is 1.29 bits per heavy atom. The van der Waals surface area contributed by atoms with Crippen LogP contribution < -0.4 is 10.1 Å². The van der Waals surface area contributed by atoms with Crippen molar-refractivity contribution in [2.45, 2.75) is 35.0 Å². The van der Waals surface area contributed by atoms with E-state index in [0.29, 0.717) is 35.2 Å². The van der Waals surface area contributed by atoms with Crippen molar-refractivity contribution in [3.63, 3.8) is 0 Å². The molecule has 1 saturated heterocycles. The van der Waals surface area contributed by atoms with E-state index in [2.05, 4.69) is 23.5 Å². The molecule has 1 saturated carbocycles. The van der Waals surface area contributed by atoms with Crippen molar-refractivity contribution >= 4 is 40.0 Å². The van der Waals surface area contributed by atoms with Gasteiger partial charge < -0.3 is 19.9 Å². The number of aryl methyl sites for hydroxylation is 1. The molecule has 0 radical (unpaired) electrons. The molecule has 2 fully saturated rings. The minimum atomic E-state index is -1.20. The third-order valence-electron chi connectivity index (χ3n) is 6.01. The van der Waals surface area contributed by atoms with Crippen LogP contribution in [0.15, 0.2) is 52.4 Å². The lowest BCUT2D eigenvalue weighted by Gasteiger charge is -2.24. The maximum absolute atomic E-state index is 14.7. The highest BCUT2D eigenvalue weighted by atomic mass is 32.2. The van der Waals surface area contributed by atoms with Gasteiger partial charge in [-0.25, -0.2) is 9.37 Å². The number of anilines is 1. The Labute approximate surface area is 213 Å². The molecule has 186 valence electrons. The minimum absolute atomic E-state index is 0.00183. The van der Waals surface area contributed by atoms with Crippen LogP contribution in [0.4, 0.5) is 9.52 Å². The number of halogens is 1. The number of thiazole rings is 1. The fourth-order valence-corrected chi connectivity index (χ4v) is 5.78. The lowest BCUT2D eigenvalue weighted by molar-refractivity contribution is -0.117. The van der Waals surface area contributed by atoms with Crippen molar-refractivity contribution in [1.29, 1.82) is 0 Å². The van der Waals surface area contributed by atoms with E-state index in [-0.39, 0.29) is 30.8 Å². The summed E-state index contributed by atoms with van der Waals surface area (Å²) in [6.07, 6.45) is 3.97.